The zero-order valence-corrected chi connectivity index (χ0v) is 13.8. The summed E-state index contributed by atoms with van der Waals surface area (Å²) >= 11 is 6.12. The summed E-state index contributed by atoms with van der Waals surface area (Å²) in [5, 5.41) is 0.462. The lowest BCUT2D eigenvalue weighted by atomic mass is 10.1. The summed E-state index contributed by atoms with van der Waals surface area (Å²) in [6.07, 6.45) is 1.59. The van der Waals surface area contributed by atoms with E-state index in [9.17, 15) is 4.79 Å². The Kier molecular flexibility index (Phi) is 4.53. The molecule has 2 aromatic rings. The van der Waals surface area contributed by atoms with E-state index in [1.807, 2.05) is 0 Å². The van der Waals surface area contributed by atoms with Gasteiger partial charge in [-0.15, -0.1) is 0 Å². The summed E-state index contributed by atoms with van der Waals surface area (Å²) in [7, 11) is 3.08. The number of nitrogens with zero attached hydrogens (tertiary/aromatic N) is 1. The Morgan fingerprint density at radius 1 is 1.08 bits per heavy atom. The van der Waals surface area contributed by atoms with Crippen LogP contribution in [0.25, 0.3) is 6.08 Å². The molecule has 3 rings (SSSR count). The van der Waals surface area contributed by atoms with Crippen molar-refractivity contribution in [2.45, 2.75) is 0 Å². The van der Waals surface area contributed by atoms with E-state index in [0.717, 1.165) is 0 Å². The number of carbonyl (C=O) groups is 1. The zero-order valence-electron chi connectivity index (χ0n) is 13.1. The molecule has 0 aromatic heterocycles. The van der Waals surface area contributed by atoms with Crippen LogP contribution in [0.4, 0.5) is 0 Å². The maximum atomic E-state index is 12.1. The highest BCUT2D eigenvalue weighted by molar-refractivity contribution is 6.34. The number of hydrogen-bond acceptors (Lipinski definition) is 5. The van der Waals surface area contributed by atoms with E-state index in [1.54, 1.807) is 55.7 Å². The Morgan fingerprint density at radius 2 is 1.88 bits per heavy atom. The van der Waals surface area contributed by atoms with Crippen molar-refractivity contribution in [2.24, 2.45) is 4.99 Å². The lowest BCUT2D eigenvalue weighted by Gasteiger charge is -2.09. The number of aliphatic imine (C=N–C) groups is 1. The van der Waals surface area contributed by atoms with E-state index in [0.29, 0.717) is 27.6 Å². The smallest absolute Gasteiger partial charge is 0.363 e. The molecule has 0 N–H and O–H groups in total. The zero-order chi connectivity index (χ0) is 17.1. The molecule has 122 valence electrons. The quantitative estimate of drug-likeness (QED) is 0.627. The van der Waals surface area contributed by atoms with E-state index >= 15 is 0 Å². The average molecular weight is 344 g/mol. The molecule has 1 heterocycles. The van der Waals surface area contributed by atoms with E-state index in [-0.39, 0.29) is 11.6 Å². The van der Waals surface area contributed by atoms with Gasteiger partial charge in [0.25, 0.3) is 0 Å². The molecule has 0 unspecified atom stereocenters. The van der Waals surface area contributed by atoms with Gasteiger partial charge in [-0.2, -0.15) is 0 Å². The number of methoxy groups -OCH3 is 2. The topological polar surface area (TPSA) is 57.1 Å². The number of halogens is 1. The number of ether oxygens (including phenoxy) is 3. The minimum absolute atomic E-state index is 0.163. The van der Waals surface area contributed by atoms with Crippen molar-refractivity contribution in [1.82, 2.24) is 0 Å². The van der Waals surface area contributed by atoms with Crippen LogP contribution in [0.15, 0.2) is 53.2 Å². The van der Waals surface area contributed by atoms with Crippen molar-refractivity contribution in [1.29, 1.82) is 0 Å². The molecule has 2 aromatic carbocycles. The van der Waals surface area contributed by atoms with Crippen molar-refractivity contribution in [2.75, 3.05) is 14.2 Å². The number of rotatable bonds is 4. The predicted octanol–water partition coefficient (Wildman–Crippen LogP) is 3.70. The summed E-state index contributed by atoms with van der Waals surface area (Å²) in [4.78, 5) is 16.4. The number of benzene rings is 2. The number of carbonyl (C=O) groups excluding carboxylic acids is 1. The Morgan fingerprint density at radius 3 is 2.58 bits per heavy atom. The summed E-state index contributed by atoms with van der Waals surface area (Å²) in [5.74, 6) is 0.712. The molecule has 24 heavy (non-hydrogen) atoms. The van der Waals surface area contributed by atoms with Gasteiger partial charge in [0.05, 0.1) is 24.8 Å². The average Bonchev–Trinajstić information content (AvgIpc) is 2.95. The van der Waals surface area contributed by atoms with Crippen LogP contribution in [0.1, 0.15) is 11.1 Å². The minimum atomic E-state index is -0.546. The molecule has 0 amide bonds. The molecule has 0 fully saturated rings. The van der Waals surface area contributed by atoms with Crippen LogP contribution < -0.4 is 9.47 Å². The first-order valence-corrected chi connectivity index (χ1v) is 7.50. The molecule has 0 spiro atoms. The summed E-state index contributed by atoms with van der Waals surface area (Å²) in [6, 6.07) is 12.4. The molecule has 0 saturated heterocycles. The number of cyclic esters (lactones) is 1. The van der Waals surface area contributed by atoms with Crippen LogP contribution in [-0.2, 0) is 9.53 Å². The largest absolute Gasteiger partial charge is 0.493 e. The number of para-hydroxylation sites is 1. The third kappa shape index (κ3) is 2.98. The van der Waals surface area contributed by atoms with Gasteiger partial charge in [-0.05, 0) is 24.3 Å². The van der Waals surface area contributed by atoms with Crippen LogP contribution in [-0.4, -0.2) is 26.1 Å². The number of esters is 1. The monoisotopic (exact) mass is 343 g/mol. The molecule has 0 aliphatic carbocycles. The first kappa shape index (κ1) is 16.1. The standard InChI is InChI=1S/C18H14ClNO4/c1-22-15-9-5-6-11(16(15)23-2)10-14-18(21)24-17(20-14)12-7-3-4-8-13(12)19/h3-10H,1-2H3. The molecule has 5 nitrogen and oxygen atoms in total. The van der Waals surface area contributed by atoms with Gasteiger partial charge in [0.2, 0.25) is 5.90 Å². The van der Waals surface area contributed by atoms with Crippen molar-refractivity contribution in [3.8, 4) is 11.5 Å². The first-order valence-electron chi connectivity index (χ1n) is 7.12. The molecule has 0 atom stereocenters. The van der Waals surface area contributed by atoms with Gasteiger partial charge < -0.3 is 14.2 Å². The molecule has 0 radical (unpaired) electrons. The summed E-state index contributed by atoms with van der Waals surface area (Å²) < 4.78 is 15.8. The highest BCUT2D eigenvalue weighted by atomic mass is 35.5. The van der Waals surface area contributed by atoms with E-state index < -0.39 is 5.97 Å². The highest BCUT2D eigenvalue weighted by Gasteiger charge is 2.26. The summed E-state index contributed by atoms with van der Waals surface area (Å²) in [5.41, 5.74) is 1.39. The maximum Gasteiger partial charge on any atom is 0.363 e. The Labute approximate surface area is 144 Å². The van der Waals surface area contributed by atoms with Gasteiger partial charge in [0, 0.05) is 5.56 Å². The molecular weight excluding hydrogens is 330 g/mol. The van der Waals surface area contributed by atoms with Crippen molar-refractivity contribution >= 4 is 29.5 Å². The van der Waals surface area contributed by atoms with Crippen molar-refractivity contribution in [3.63, 3.8) is 0 Å². The molecule has 0 bridgehead atoms. The van der Waals surface area contributed by atoms with Crippen LogP contribution in [0.3, 0.4) is 0 Å². The summed E-state index contributed by atoms with van der Waals surface area (Å²) in [6.45, 7) is 0. The van der Waals surface area contributed by atoms with Crippen LogP contribution >= 0.6 is 11.6 Å². The van der Waals surface area contributed by atoms with Crippen LogP contribution in [0.5, 0.6) is 11.5 Å². The van der Waals surface area contributed by atoms with Crippen LogP contribution in [0, 0.1) is 0 Å². The van der Waals surface area contributed by atoms with Gasteiger partial charge in [0.15, 0.2) is 17.2 Å². The van der Waals surface area contributed by atoms with Crippen LogP contribution in [0.2, 0.25) is 5.02 Å². The molecule has 1 aliphatic rings. The van der Waals surface area contributed by atoms with E-state index in [2.05, 4.69) is 4.99 Å². The normalized spacial score (nSPS) is 15.2. The number of hydrogen-bond donors (Lipinski definition) is 0. The fraction of sp³-hybridized carbons (Fsp3) is 0.111. The Balaban J connectivity index is 2.03. The van der Waals surface area contributed by atoms with E-state index in [1.165, 1.54) is 7.11 Å². The van der Waals surface area contributed by atoms with Gasteiger partial charge >= 0.3 is 5.97 Å². The second kappa shape index (κ2) is 6.76. The highest BCUT2D eigenvalue weighted by Crippen LogP contribution is 2.33. The Bertz CT molecular complexity index is 858. The first-order chi connectivity index (χ1) is 11.6. The fourth-order valence-corrected chi connectivity index (χ4v) is 2.55. The third-order valence-electron chi connectivity index (χ3n) is 3.45. The Hall–Kier alpha value is -2.79. The van der Waals surface area contributed by atoms with E-state index in [4.69, 9.17) is 25.8 Å². The lowest BCUT2D eigenvalue weighted by Crippen LogP contribution is -2.05. The maximum absolute atomic E-state index is 12.1. The van der Waals surface area contributed by atoms with Crippen molar-refractivity contribution in [3.05, 3.63) is 64.3 Å². The second-order valence-electron chi connectivity index (χ2n) is 4.90. The lowest BCUT2D eigenvalue weighted by molar-refractivity contribution is -0.129. The fourth-order valence-electron chi connectivity index (χ4n) is 2.33. The molecular formula is C18H14ClNO4. The third-order valence-corrected chi connectivity index (χ3v) is 3.78. The molecule has 1 aliphatic heterocycles. The molecule has 6 heteroatoms. The molecule has 0 saturated carbocycles. The second-order valence-corrected chi connectivity index (χ2v) is 5.31. The van der Waals surface area contributed by atoms with Gasteiger partial charge in [-0.25, -0.2) is 9.79 Å². The van der Waals surface area contributed by atoms with Gasteiger partial charge in [-0.1, -0.05) is 35.9 Å². The van der Waals surface area contributed by atoms with Gasteiger partial charge in [-0.3, -0.25) is 0 Å². The van der Waals surface area contributed by atoms with Gasteiger partial charge in [0.1, 0.15) is 0 Å². The van der Waals surface area contributed by atoms with Crippen molar-refractivity contribution < 1.29 is 19.0 Å². The minimum Gasteiger partial charge on any atom is -0.493 e. The predicted molar refractivity (Wildman–Crippen MR) is 91.6 cm³/mol. The SMILES string of the molecule is COc1cccc(C=C2N=C(c3ccccc3Cl)OC2=O)c1OC.